The number of para-hydroxylation sites is 1. The molecule has 0 N–H and O–H groups in total. The number of furan rings is 1. The number of aromatic nitrogens is 1. The summed E-state index contributed by atoms with van der Waals surface area (Å²) in [5, 5.41) is 1.01. The Kier molecular flexibility index (Phi) is 2.87. The van der Waals surface area contributed by atoms with Crippen LogP contribution < -0.4 is 5.43 Å². The number of carbonyl (C=O) groups excluding carboxylic acids is 1. The second-order valence-electron chi connectivity index (χ2n) is 6.94. The predicted molar refractivity (Wildman–Crippen MR) is 91.6 cm³/mol. The molecule has 1 aliphatic heterocycles. The quantitative estimate of drug-likeness (QED) is 0.663. The Morgan fingerprint density at radius 3 is 2.84 bits per heavy atom. The summed E-state index contributed by atoms with van der Waals surface area (Å²) < 4.78 is 22.6. The molecule has 1 aliphatic carbocycles. The van der Waals surface area contributed by atoms with E-state index in [0.717, 1.165) is 29.4 Å². The van der Waals surface area contributed by atoms with Gasteiger partial charge in [0.05, 0.1) is 5.56 Å². The van der Waals surface area contributed by atoms with Gasteiger partial charge < -0.3 is 8.98 Å². The Morgan fingerprint density at radius 2 is 2.12 bits per heavy atom. The van der Waals surface area contributed by atoms with Gasteiger partial charge in [0.15, 0.2) is 17.4 Å². The van der Waals surface area contributed by atoms with E-state index >= 15 is 0 Å². The SMILES string of the molecule is CC(=O)c1cn2c(c(F)c1=O)-c1oc3c(C4CC4)cccc3c1CC2. The van der Waals surface area contributed by atoms with E-state index in [0.29, 0.717) is 24.6 Å². The molecule has 1 aromatic carbocycles. The predicted octanol–water partition coefficient (Wildman–Crippen LogP) is 4.04. The minimum atomic E-state index is -0.902. The van der Waals surface area contributed by atoms with Crippen LogP contribution in [0.2, 0.25) is 0 Å². The van der Waals surface area contributed by atoms with Crippen LogP contribution in [0.4, 0.5) is 4.39 Å². The summed E-state index contributed by atoms with van der Waals surface area (Å²) in [6.45, 7) is 1.79. The number of ketones is 1. The monoisotopic (exact) mass is 337 g/mol. The van der Waals surface area contributed by atoms with E-state index in [9.17, 15) is 14.0 Å². The minimum Gasteiger partial charge on any atom is -0.454 e. The second kappa shape index (κ2) is 4.91. The number of carbonyl (C=O) groups is 1. The minimum absolute atomic E-state index is 0.112. The zero-order valence-electron chi connectivity index (χ0n) is 13.8. The first-order chi connectivity index (χ1) is 12.1. The smallest absolute Gasteiger partial charge is 0.228 e. The molecule has 0 bridgehead atoms. The van der Waals surface area contributed by atoms with Gasteiger partial charge in [-0.15, -0.1) is 0 Å². The summed E-state index contributed by atoms with van der Waals surface area (Å²) in [7, 11) is 0. The number of hydrogen-bond donors (Lipinski definition) is 0. The normalized spacial score (nSPS) is 15.9. The van der Waals surface area contributed by atoms with Crippen molar-refractivity contribution >= 4 is 16.8 Å². The van der Waals surface area contributed by atoms with Crippen molar-refractivity contribution in [1.29, 1.82) is 0 Å². The lowest BCUT2D eigenvalue weighted by molar-refractivity contribution is 0.101. The zero-order chi connectivity index (χ0) is 17.3. The van der Waals surface area contributed by atoms with E-state index in [2.05, 4.69) is 6.07 Å². The van der Waals surface area contributed by atoms with E-state index in [1.165, 1.54) is 18.7 Å². The van der Waals surface area contributed by atoms with Crippen LogP contribution in [0, 0.1) is 5.82 Å². The first-order valence-electron chi connectivity index (χ1n) is 8.54. The van der Waals surface area contributed by atoms with Crippen molar-refractivity contribution in [3.05, 3.63) is 57.1 Å². The summed E-state index contributed by atoms with van der Waals surface area (Å²) in [4.78, 5) is 23.9. The van der Waals surface area contributed by atoms with Crippen molar-refractivity contribution < 1.29 is 13.6 Å². The molecule has 2 aromatic heterocycles. The Hall–Kier alpha value is -2.69. The Balaban J connectivity index is 1.82. The molecule has 0 radical (unpaired) electrons. The van der Waals surface area contributed by atoms with Gasteiger partial charge in [-0.1, -0.05) is 18.2 Å². The topological polar surface area (TPSA) is 52.2 Å². The van der Waals surface area contributed by atoms with E-state index in [-0.39, 0.29) is 11.3 Å². The van der Waals surface area contributed by atoms with Crippen LogP contribution in [-0.4, -0.2) is 10.4 Å². The molecule has 5 heteroatoms. The van der Waals surface area contributed by atoms with Gasteiger partial charge in [0.1, 0.15) is 11.3 Å². The van der Waals surface area contributed by atoms with Gasteiger partial charge in [0, 0.05) is 23.7 Å². The molecule has 3 heterocycles. The standard InChI is InChI=1S/C20H16FNO3/c1-10(23)15-9-22-8-7-14-13-4-2-3-12(11-5-6-11)19(13)25-20(14)17(22)16(21)18(15)24/h2-4,9,11H,5-8H2,1H3. The molecule has 126 valence electrons. The van der Waals surface area contributed by atoms with Crippen molar-refractivity contribution in [2.75, 3.05) is 0 Å². The average Bonchev–Trinajstić information content (AvgIpc) is 3.37. The lowest BCUT2D eigenvalue weighted by Crippen LogP contribution is -2.24. The van der Waals surface area contributed by atoms with Crippen LogP contribution in [0.3, 0.4) is 0 Å². The van der Waals surface area contributed by atoms with Crippen LogP contribution in [-0.2, 0) is 13.0 Å². The number of rotatable bonds is 2. The summed E-state index contributed by atoms with van der Waals surface area (Å²) in [6.07, 6.45) is 4.44. The summed E-state index contributed by atoms with van der Waals surface area (Å²) >= 11 is 0. The van der Waals surface area contributed by atoms with Crippen LogP contribution in [0.1, 0.15) is 47.2 Å². The second-order valence-corrected chi connectivity index (χ2v) is 6.94. The van der Waals surface area contributed by atoms with Gasteiger partial charge in [-0.2, -0.15) is 0 Å². The average molecular weight is 337 g/mol. The molecule has 0 spiro atoms. The molecule has 2 aliphatic rings. The fourth-order valence-electron chi connectivity index (χ4n) is 3.87. The fourth-order valence-corrected chi connectivity index (χ4v) is 3.87. The highest BCUT2D eigenvalue weighted by Gasteiger charge is 2.32. The number of aryl methyl sites for hydroxylation is 2. The number of pyridine rings is 1. The highest BCUT2D eigenvalue weighted by Crippen LogP contribution is 2.46. The molecule has 1 saturated carbocycles. The van der Waals surface area contributed by atoms with Crippen LogP contribution >= 0.6 is 0 Å². The van der Waals surface area contributed by atoms with Gasteiger partial charge in [-0.05, 0) is 37.7 Å². The van der Waals surface area contributed by atoms with Crippen molar-refractivity contribution in [3.63, 3.8) is 0 Å². The highest BCUT2D eigenvalue weighted by molar-refractivity contribution is 5.95. The third-order valence-corrected chi connectivity index (χ3v) is 5.29. The highest BCUT2D eigenvalue weighted by atomic mass is 19.1. The molecule has 4 nitrogen and oxygen atoms in total. The molecule has 3 aromatic rings. The lowest BCUT2D eigenvalue weighted by Gasteiger charge is -2.19. The van der Waals surface area contributed by atoms with Crippen molar-refractivity contribution in [1.82, 2.24) is 4.57 Å². The Labute approximate surface area is 142 Å². The van der Waals surface area contributed by atoms with Gasteiger partial charge in [0.2, 0.25) is 5.43 Å². The number of halogens is 1. The third-order valence-electron chi connectivity index (χ3n) is 5.29. The summed E-state index contributed by atoms with van der Waals surface area (Å²) in [5.41, 5.74) is 2.13. The maximum Gasteiger partial charge on any atom is 0.228 e. The summed E-state index contributed by atoms with van der Waals surface area (Å²) in [5.74, 6) is -0.381. The van der Waals surface area contributed by atoms with Gasteiger partial charge >= 0.3 is 0 Å². The number of Topliss-reactive ketones (excluding diaryl/α,β-unsaturated/α-hetero) is 1. The number of nitrogens with zero attached hydrogens (tertiary/aromatic N) is 1. The van der Waals surface area contributed by atoms with Crippen LogP contribution in [0.25, 0.3) is 22.4 Å². The first kappa shape index (κ1) is 14.6. The maximum atomic E-state index is 14.8. The maximum absolute atomic E-state index is 14.8. The van der Waals surface area contributed by atoms with E-state index in [1.54, 1.807) is 4.57 Å². The Morgan fingerprint density at radius 1 is 1.32 bits per heavy atom. The van der Waals surface area contributed by atoms with Crippen molar-refractivity contribution in [3.8, 4) is 11.5 Å². The van der Waals surface area contributed by atoms with Gasteiger partial charge in [-0.25, -0.2) is 4.39 Å². The summed E-state index contributed by atoms with van der Waals surface area (Å²) in [6, 6.07) is 6.08. The molecule has 0 saturated heterocycles. The molecular formula is C20H16FNO3. The fraction of sp³-hybridized carbons (Fsp3) is 0.300. The molecule has 0 unspecified atom stereocenters. The van der Waals surface area contributed by atoms with E-state index < -0.39 is 17.0 Å². The lowest BCUT2D eigenvalue weighted by atomic mass is 9.99. The number of benzene rings is 1. The molecule has 25 heavy (non-hydrogen) atoms. The first-order valence-corrected chi connectivity index (χ1v) is 8.54. The molecule has 5 rings (SSSR count). The number of hydrogen-bond acceptors (Lipinski definition) is 3. The molecule has 0 amide bonds. The van der Waals surface area contributed by atoms with Crippen LogP contribution in [0.15, 0.2) is 33.6 Å². The Bertz CT molecular complexity index is 1120. The number of fused-ring (bicyclic) bond motifs is 5. The molecular weight excluding hydrogens is 321 g/mol. The van der Waals surface area contributed by atoms with Gasteiger partial charge in [0.25, 0.3) is 0 Å². The van der Waals surface area contributed by atoms with Crippen molar-refractivity contribution in [2.45, 2.75) is 38.6 Å². The van der Waals surface area contributed by atoms with E-state index in [1.807, 2.05) is 12.1 Å². The zero-order valence-corrected chi connectivity index (χ0v) is 13.8. The molecule has 0 atom stereocenters. The largest absolute Gasteiger partial charge is 0.454 e. The third kappa shape index (κ3) is 1.98. The molecule has 1 fully saturated rings. The van der Waals surface area contributed by atoms with Crippen molar-refractivity contribution in [2.24, 2.45) is 0 Å². The van der Waals surface area contributed by atoms with Gasteiger partial charge in [-0.3, -0.25) is 9.59 Å². The van der Waals surface area contributed by atoms with E-state index in [4.69, 9.17) is 4.42 Å². The van der Waals surface area contributed by atoms with Crippen LogP contribution in [0.5, 0.6) is 0 Å².